The van der Waals surface area contributed by atoms with Crippen LogP contribution < -0.4 is 0 Å². The van der Waals surface area contributed by atoms with Gasteiger partial charge in [-0.05, 0) is 30.4 Å². The SMILES string of the molecule is c1cc(C2CC2)c2nccnc2c1. The smallest absolute Gasteiger partial charge is 0.0921 e. The average molecular weight is 170 g/mol. The minimum atomic E-state index is 0.750. The Balaban J connectivity index is 2.32. The topological polar surface area (TPSA) is 25.8 Å². The lowest BCUT2D eigenvalue weighted by atomic mass is 10.1. The second kappa shape index (κ2) is 2.52. The standard InChI is InChI=1S/C11H10N2/c1-2-9(8-4-5-8)11-10(3-1)12-6-7-13-11/h1-3,6-8H,4-5H2. The molecule has 0 spiro atoms. The van der Waals surface area contributed by atoms with Gasteiger partial charge in [0, 0.05) is 12.4 Å². The Morgan fingerprint density at radius 1 is 1.08 bits per heavy atom. The Hall–Kier alpha value is -1.44. The Labute approximate surface area is 76.6 Å². The summed E-state index contributed by atoms with van der Waals surface area (Å²) < 4.78 is 0. The molecule has 1 aromatic carbocycles. The molecule has 2 heteroatoms. The van der Waals surface area contributed by atoms with Crippen LogP contribution in [0.4, 0.5) is 0 Å². The number of nitrogens with zero attached hydrogens (tertiary/aromatic N) is 2. The molecule has 2 aromatic rings. The van der Waals surface area contributed by atoms with Gasteiger partial charge in [0.05, 0.1) is 11.0 Å². The van der Waals surface area contributed by atoms with Gasteiger partial charge in [0.1, 0.15) is 0 Å². The zero-order chi connectivity index (χ0) is 8.67. The lowest BCUT2D eigenvalue weighted by Crippen LogP contribution is -1.87. The molecule has 13 heavy (non-hydrogen) atoms. The van der Waals surface area contributed by atoms with Gasteiger partial charge in [0.25, 0.3) is 0 Å². The number of benzene rings is 1. The normalized spacial score (nSPS) is 16.3. The zero-order valence-corrected chi connectivity index (χ0v) is 7.27. The Morgan fingerprint density at radius 2 is 1.92 bits per heavy atom. The summed E-state index contributed by atoms with van der Waals surface area (Å²) in [6, 6.07) is 6.27. The number of rotatable bonds is 1. The van der Waals surface area contributed by atoms with E-state index in [-0.39, 0.29) is 0 Å². The summed E-state index contributed by atoms with van der Waals surface area (Å²) in [4.78, 5) is 8.67. The molecule has 0 N–H and O–H groups in total. The molecule has 1 fully saturated rings. The summed E-state index contributed by atoms with van der Waals surface area (Å²) in [6.45, 7) is 0. The maximum absolute atomic E-state index is 4.38. The fourth-order valence-corrected chi connectivity index (χ4v) is 1.74. The monoisotopic (exact) mass is 170 g/mol. The van der Waals surface area contributed by atoms with Crippen molar-refractivity contribution >= 4 is 11.0 Å². The first-order chi connectivity index (χ1) is 6.45. The quantitative estimate of drug-likeness (QED) is 0.657. The average Bonchev–Trinajstić information content (AvgIpc) is 3.00. The second-order valence-electron chi connectivity index (χ2n) is 3.55. The van der Waals surface area contributed by atoms with Crippen molar-refractivity contribution in [3.8, 4) is 0 Å². The van der Waals surface area contributed by atoms with E-state index in [4.69, 9.17) is 0 Å². The number of hydrogen-bond donors (Lipinski definition) is 0. The molecule has 0 aliphatic heterocycles. The highest BCUT2D eigenvalue weighted by molar-refractivity contribution is 5.78. The zero-order valence-electron chi connectivity index (χ0n) is 7.27. The van der Waals surface area contributed by atoms with Gasteiger partial charge in [-0.2, -0.15) is 0 Å². The molecule has 0 unspecified atom stereocenters. The molecule has 1 aromatic heterocycles. The first kappa shape index (κ1) is 7.01. The molecule has 1 aliphatic carbocycles. The predicted molar refractivity (Wildman–Crippen MR) is 51.5 cm³/mol. The molecular formula is C11H10N2. The van der Waals surface area contributed by atoms with Crippen molar-refractivity contribution in [3.63, 3.8) is 0 Å². The third-order valence-electron chi connectivity index (χ3n) is 2.55. The van der Waals surface area contributed by atoms with Crippen LogP contribution >= 0.6 is 0 Å². The van der Waals surface area contributed by atoms with Crippen LogP contribution in [0.15, 0.2) is 30.6 Å². The summed E-state index contributed by atoms with van der Waals surface area (Å²) in [5.41, 5.74) is 3.49. The Kier molecular flexibility index (Phi) is 1.36. The van der Waals surface area contributed by atoms with Gasteiger partial charge in [0.15, 0.2) is 0 Å². The molecule has 1 saturated carbocycles. The van der Waals surface area contributed by atoms with Crippen molar-refractivity contribution < 1.29 is 0 Å². The van der Waals surface area contributed by atoms with Crippen molar-refractivity contribution in [3.05, 3.63) is 36.2 Å². The largest absolute Gasteiger partial charge is 0.253 e. The summed E-state index contributed by atoms with van der Waals surface area (Å²) in [5.74, 6) is 0.750. The number of fused-ring (bicyclic) bond motifs is 1. The Morgan fingerprint density at radius 3 is 2.77 bits per heavy atom. The van der Waals surface area contributed by atoms with E-state index in [2.05, 4.69) is 22.1 Å². The maximum Gasteiger partial charge on any atom is 0.0921 e. The third kappa shape index (κ3) is 1.10. The van der Waals surface area contributed by atoms with Crippen molar-refractivity contribution in [2.45, 2.75) is 18.8 Å². The molecule has 0 saturated heterocycles. The van der Waals surface area contributed by atoms with Crippen LogP contribution in [-0.2, 0) is 0 Å². The molecule has 0 bridgehead atoms. The summed E-state index contributed by atoms with van der Waals surface area (Å²) >= 11 is 0. The van der Waals surface area contributed by atoms with Gasteiger partial charge in [0.2, 0.25) is 0 Å². The molecule has 0 amide bonds. The lowest BCUT2D eigenvalue weighted by molar-refractivity contribution is 1.13. The maximum atomic E-state index is 4.38. The third-order valence-corrected chi connectivity index (χ3v) is 2.55. The van der Waals surface area contributed by atoms with Gasteiger partial charge >= 0.3 is 0 Å². The van der Waals surface area contributed by atoms with Crippen molar-refractivity contribution in [2.75, 3.05) is 0 Å². The second-order valence-corrected chi connectivity index (χ2v) is 3.55. The van der Waals surface area contributed by atoms with E-state index >= 15 is 0 Å². The van der Waals surface area contributed by atoms with E-state index in [0.29, 0.717) is 0 Å². The van der Waals surface area contributed by atoms with Crippen LogP contribution in [-0.4, -0.2) is 9.97 Å². The van der Waals surface area contributed by atoms with E-state index in [0.717, 1.165) is 17.0 Å². The van der Waals surface area contributed by atoms with Gasteiger partial charge in [-0.15, -0.1) is 0 Å². The summed E-state index contributed by atoms with van der Waals surface area (Å²) in [6.07, 6.45) is 6.15. The molecule has 2 nitrogen and oxygen atoms in total. The van der Waals surface area contributed by atoms with Gasteiger partial charge in [-0.1, -0.05) is 12.1 Å². The molecule has 1 heterocycles. The Bertz CT molecular complexity index is 441. The van der Waals surface area contributed by atoms with Crippen LogP contribution in [0.2, 0.25) is 0 Å². The molecule has 1 aliphatic rings. The fraction of sp³-hybridized carbons (Fsp3) is 0.273. The highest BCUT2D eigenvalue weighted by atomic mass is 14.8. The molecule has 0 radical (unpaired) electrons. The van der Waals surface area contributed by atoms with Crippen LogP contribution in [0.25, 0.3) is 11.0 Å². The van der Waals surface area contributed by atoms with Crippen LogP contribution in [0.3, 0.4) is 0 Å². The van der Waals surface area contributed by atoms with E-state index in [1.807, 2.05) is 6.07 Å². The number of aromatic nitrogens is 2. The lowest BCUT2D eigenvalue weighted by Gasteiger charge is -2.01. The minimum absolute atomic E-state index is 0.750. The predicted octanol–water partition coefficient (Wildman–Crippen LogP) is 2.51. The molecule has 3 rings (SSSR count). The minimum Gasteiger partial charge on any atom is -0.253 e. The van der Waals surface area contributed by atoms with Crippen LogP contribution in [0, 0.1) is 0 Å². The molecule has 64 valence electrons. The van der Waals surface area contributed by atoms with Gasteiger partial charge in [-0.25, -0.2) is 0 Å². The van der Waals surface area contributed by atoms with Crippen molar-refractivity contribution in [1.29, 1.82) is 0 Å². The van der Waals surface area contributed by atoms with Crippen molar-refractivity contribution in [1.82, 2.24) is 9.97 Å². The van der Waals surface area contributed by atoms with E-state index in [1.54, 1.807) is 12.4 Å². The fourth-order valence-electron chi connectivity index (χ4n) is 1.74. The number of hydrogen-bond acceptors (Lipinski definition) is 2. The van der Waals surface area contributed by atoms with Gasteiger partial charge < -0.3 is 0 Å². The molecule has 0 atom stereocenters. The first-order valence-electron chi connectivity index (χ1n) is 4.65. The van der Waals surface area contributed by atoms with E-state index in [1.165, 1.54) is 18.4 Å². The summed E-state index contributed by atoms with van der Waals surface area (Å²) in [5, 5.41) is 0. The van der Waals surface area contributed by atoms with E-state index < -0.39 is 0 Å². The van der Waals surface area contributed by atoms with Gasteiger partial charge in [-0.3, -0.25) is 9.97 Å². The highest BCUT2D eigenvalue weighted by Gasteiger charge is 2.25. The van der Waals surface area contributed by atoms with Crippen molar-refractivity contribution in [2.24, 2.45) is 0 Å². The van der Waals surface area contributed by atoms with Crippen LogP contribution in [0.5, 0.6) is 0 Å². The molecular weight excluding hydrogens is 160 g/mol. The van der Waals surface area contributed by atoms with Crippen LogP contribution in [0.1, 0.15) is 24.3 Å². The summed E-state index contributed by atoms with van der Waals surface area (Å²) in [7, 11) is 0. The highest BCUT2D eigenvalue weighted by Crippen LogP contribution is 2.42. The first-order valence-corrected chi connectivity index (χ1v) is 4.65. The van der Waals surface area contributed by atoms with E-state index in [9.17, 15) is 0 Å². The number of para-hydroxylation sites is 1.